The van der Waals surface area contributed by atoms with Crippen molar-refractivity contribution in [2.45, 2.75) is 17.6 Å². The molecule has 0 heterocycles. The third kappa shape index (κ3) is 2.77. The molecular weight excluding hydrogens is 180 g/mol. The molecule has 0 bridgehead atoms. The highest BCUT2D eigenvalue weighted by Crippen LogP contribution is 2.41. The van der Waals surface area contributed by atoms with Crippen molar-refractivity contribution in [2.75, 3.05) is 0 Å². The van der Waals surface area contributed by atoms with Crippen LogP contribution in [-0.2, 0) is 0 Å². The maximum Gasteiger partial charge on any atom is 0.176 e. The van der Waals surface area contributed by atoms with E-state index in [1.54, 1.807) is 0 Å². The Morgan fingerprint density at radius 2 is 1.88 bits per heavy atom. The van der Waals surface area contributed by atoms with E-state index in [9.17, 15) is 5.11 Å². The van der Waals surface area contributed by atoms with E-state index in [0.717, 1.165) is 21.6 Å². The van der Waals surface area contributed by atoms with Crippen LogP contribution < -0.4 is 0 Å². The van der Waals surface area contributed by atoms with Crippen LogP contribution in [0.3, 0.4) is 0 Å². The first kappa shape index (κ1) is 9.36. The summed E-state index contributed by atoms with van der Waals surface area (Å²) in [6.45, 7) is 1.88. The van der Waals surface area contributed by atoms with E-state index >= 15 is 0 Å². The van der Waals surface area contributed by atoms with Crippen LogP contribution in [0.2, 0.25) is 0 Å². The molecule has 0 atom stereocenters. The molecule has 0 aliphatic heterocycles. The van der Waals surface area contributed by atoms with E-state index in [-0.39, 0.29) is 0 Å². The molecule has 5 heteroatoms. The highest BCUT2D eigenvalue weighted by atomic mass is 33.1. The Bertz CT molecular complexity index is 54.0. The van der Waals surface area contributed by atoms with Crippen LogP contribution in [0.1, 0.15) is 13.3 Å². The zero-order valence-corrected chi connectivity index (χ0v) is 7.79. The monoisotopic (exact) mass is 188 g/mol. The second-order valence-corrected chi connectivity index (χ2v) is 4.32. The molecule has 0 radical (unpaired) electrons. The summed E-state index contributed by atoms with van der Waals surface area (Å²) in [4.78, 5) is 0. The third-order valence-corrected chi connectivity index (χ3v) is 4.93. The van der Waals surface area contributed by atoms with Crippen molar-refractivity contribution >= 4 is 44.9 Å². The predicted molar refractivity (Wildman–Crippen MR) is 48.4 cm³/mol. The normalized spacial score (nSPS) is 12.0. The molecule has 50 valence electrons. The van der Waals surface area contributed by atoms with E-state index in [0.29, 0.717) is 6.42 Å². The molecule has 0 saturated carbocycles. The number of rotatable bonds is 3. The Labute approximate surface area is 67.6 Å². The number of hydrogen-bond donors (Lipinski definition) is 3. The Morgan fingerprint density at radius 1 is 1.50 bits per heavy atom. The summed E-state index contributed by atoms with van der Waals surface area (Å²) < 4.78 is -0.813. The van der Waals surface area contributed by atoms with Gasteiger partial charge in [0.1, 0.15) is 0 Å². The van der Waals surface area contributed by atoms with Crippen LogP contribution in [-0.4, -0.2) is 9.37 Å². The lowest BCUT2D eigenvalue weighted by atomic mass is 10.5. The minimum absolute atomic E-state index is 0.648. The fraction of sp³-hybridized carbons (Fsp3) is 1.00. The fourth-order valence-electron chi connectivity index (χ4n) is 0.146. The Hall–Kier alpha value is 1.36. The Balaban J connectivity index is 3.58. The van der Waals surface area contributed by atoms with Gasteiger partial charge in [-0.25, -0.2) is 0 Å². The van der Waals surface area contributed by atoms with Gasteiger partial charge < -0.3 is 5.11 Å². The quantitative estimate of drug-likeness (QED) is 0.359. The van der Waals surface area contributed by atoms with Crippen LogP contribution in [0, 0.1) is 0 Å². The third-order valence-electron chi connectivity index (χ3n) is 0.732. The molecule has 1 nitrogen and oxygen atoms in total. The summed E-state index contributed by atoms with van der Waals surface area (Å²) >= 11 is 7.72. The van der Waals surface area contributed by atoms with Gasteiger partial charge in [0.2, 0.25) is 0 Å². The molecule has 0 rings (SSSR count). The standard InChI is InChI=1S/C3H8OS4/c1-2-3(4,7-5)8-6/h4-6H,2H2,1H3. The molecule has 0 aromatic heterocycles. The summed E-state index contributed by atoms with van der Waals surface area (Å²) in [5.74, 6) is 0. The van der Waals surface area contributed by atoms with Gasteiger partial charge in [-0.05, 0) is 6.42 Å². The second-order valence-electron chi connectivity index (χ2n) is 1.25. The minimum atomic E-state index is -0.813. The first-order chi connectivity index (χ1) is 3.68. The van der Waals surface area contributed by atoms with Crippen LogP contribution in [0.15, 0.2) is 0 Å². The van der Waals surface area contributed by atoms with Gasteiger partial charge in [-0.2, -0.15) is 0 Å². The number of aliphatic hydroxyl groups is 1. The van der Waals surface area contributed by atoms with Crippen molar-refractivity contribution < 1.29 is 5.11 Å². The predicted octanol–water partition coefficient (Wildman–Crippen LogP) is 2.20. The van der Waals surface area contributed by atoms with Crippen LogP contribution in [0.25, 0.3) is 0 Å². The van der Waals surface area contributed by atoms with Gasteiger partial charge in [0.05, 0.1) is 0 Å². The Kier molecular flexibility index (Phi) is 4.94. The van der Waals surface area contributed by atoms with Gasteiger partial charge in [-0.15, -0.1) is 23.3 Å². The van der Waals surface area contributed by atoms with E-state index < -0.39 is 4.27 Å². The molecule has 0 aromatic carbocycles. The molecule has 0 aromatic rings. The average Bonchev–Trinajstić information content (AvgIpc) is 1.87. The summed E-state index contributed by atoms with van der Waals surface area (Å²) in [7, 11) is 2.22. The SMILES string of the molecule is CCC(O)(SS)SS. The molecular formula is C3H8OS4. The highest BCUT2D eigenvalue weighted by Gasteiger charge is 2.22. The lowest BCUT2D eigenvalue weighted by Crippen LogP contribution is -2.12. The van der Waals surface area contributed by atoms with E-state index in [1.807, 2.05) is 6.92 Å². The Morgan fingerprint density at radius 3 is 1.88 bits per heavy atom. The van der Waals surface area contributed by atoms with Crippen molar-refractivity contribution in [2.24, 2.45) is 0 Å². The van der Waals surface area contributed by atoms with Gasteiger partial charge in [0.25, 0.3) is 0 Å². The lowest BCUT2D eigenvalue weighted by molar-refractivity contribution is 0.229. The minimum Gasteiger partial charge on any atom is -0.369 e. The maximum atomic E-state index is 9.21. The maximum absolute atomic E-state index is 9.21. The molecule has 0 fully saturated rings. The zero-order chi connectivity index (χ0) is 6.62. The first-order valence-electron chi connectivity index (χ1n) is 2.06. The van der Waals surface area contributed by atoms with Gasteiger partial charge in [-0.3, -0.25) is 0 Å². The summed E-state index contributed by atoms with van der Waals surface area (Å²) in [5, 5.41) is 9.21. The smallest absolute Gasteiger partial charge is 0.176 e. The van der Waals surface area contributed by atoms with Crippen LogP contribution >= 0.6 is 44.9 Å². The highest BCUT2D eigenvalue weighted by molar-refractivity contribution is 8.78. The fourth-order valence-corrected chi connectivity index (χ4v) is 2.51. The summed E-state index contributed by atoms with van der Waals surface area (Å²) in [5.41, 5.74) is 0. The second kappa shape index (κ2) is 4.22. The van der Waals surface area contributed by atoms with Crippen molar-refractivity contribution in [3.8, 4) is 0 Å². The van der Waals surface area contributed by atoms with Crippen LogP contribution in [0.5, 0.6) is 0 Å². The van der Waals surface area contributed by atoms with E-state index in [2.05, 4.69) is 23.3 Å². The average molecular weight is 188 g/mol. The summed E-state index contributed by atoms with van der Waals surface area (Å²) in [6.07, 6.45) is 0.648. The van der Waals surface area contributed by atoms with Crippen molar-refractivity contribution in [1.29, 1.82) is 0 Å². The molecule has 0 spiro atoms. The molecule has 8 heavy (non-hydrogen) atoms. The van der Waals surface area contributed by atoms with Crippen molar-refractivity contribution in [1.82, 2.24) is 0 Å². The van der Waals surface area contributed by atoms with Crippen LogP contribution in [0.4, 0.5) is 0 Å². The number of hydrogen-bond acceptors (Lipinski definition) is 5. The molecule has 0 unspecified atom stereocenters. The van der Waals surface area contributed by atoms with Gasteiger partial charge in [0.15, 0.2) is 4.27 Å². The topological polar surface area (TPSA) is 20.2 Å². The molecule has 0 amide bonds. The van der Waals surface area contributed by atoms with E-state index in [1.165, 1.54) is 0 Å². The lowest BCUT2D eigenvalue weighted by Gasteiger charge is -2.18. The van der Waals surface area contributed by atoms with Gasteiger partial charge in [0, 0.05) is 0 Å². The molecule has 1 N–H and O–H groups in total. The van der Waals surface area contributed by atoms with E-state index in [4.69, 9.17) is 0 Å². The number of thiol groups is 2. The summed E-state index contributed by atoms with van der Waals surface area (Å²) in [6, 6.07) is 0. The van der Waals surface area contributed by atoms with Crippen molar-refractivity contribution in [3.05, 3.63) is 0 Å². The molecule has 0 aliphatic carbocycles. The molecule has 0 aliphatic rings. The van der Waals surface area contributed by atoms with Crippen molar-refractivity contribution in [3.63, 3.8) is 0 Å². The zero-order valence-electron chi connectivity index (χ0n) is 4.37. The largest absolute Gasteiger partial charge is 0.369 e. The van der Waals surface area contributed by atoms with Gasteiger partial charge >= 0.3 is 0 Å². The van der Waals surface area contributed by atoms with Gasteiger partial charge in [-0.1, -0.05) is 28.5 Å². The first-order valence-corrected chi connectivity index (χ1v) is 5.80. The molecule has 0 saturated heterocycles.